The third-order valence-electron chi connectivity index (χ3n) is 2.26. The van der Waals surface area contributed by atoms with Crippen molar-refractivity contribution in [3.05, 3.63) is 14.7 Å². The molecule has 0 bridgehead atoms. The number of halogens is 1. The number of carbonyl (C=O) groups excluding carboxylic acids is 1. The number of rotatable bonds is 7. The van der Waals surface area contributed by atoms with E-state index in [0.29, 0.717) is 14.4 Å². The first-order valence-electron chi connectivity index (χ1n) is 5.33. The van der Waals surface area contributed by atoms with Crippen LogP contribution >= 0.6 is 27.3 Å². The molecule has 0 unspecified atom stereocenters. The molecule has 0 aromatic carbocycles. The summed E-state index contributed by atoms with van der Waals surface area (Å²) in [6.45, 7) is 0.141. The van der Waals surface area contributed by atoms with Crippen molar-refractivity contribution in [1.29, 1.82) is 0 Å². The lowest BCUT2D eigenvalue weighted by atomic mass is 10.3. The van der Waals surface area contributed by atoms with Crippen molar-refractivity contribution < 1.29 is 24.2 Å². The fourth-order valence-electron chi connectivity index (χ4n) is 1.37. The average molecular weight is 352 g/mol. The van der Waals surface area contributed by atoms with Crippen molar-refractivity contribution in [2.75, 3.05) is 33.9 Å². The summed E-state index contributed by atoms with van der Waals surface area (Å²) in [5.74, 6) is -0.865. The van der Waals surface area contributed by atoms with E-state index in [1.165, 1.54) is 30.5 Å². The molecule has 0 aliphatic rings. The fraction of sp³-hybridized carbons (Fsp3) is 0.455. The van der Waals surface area contributed by atoms with E-state index in [2.05, 4.69) is 15.9 Å². The highest BCUT2D eigenvalue weighted by Gasteiger charge is 2.21. The zero-order valence-electron chi connectivity index (χ0n) is 10.5. The van der Waals surface area contributed by atoms with Crippen LogP contribution in [0.1, 0.15) is 9.67 Å². The Balaban J connectivity index is 2.87. The molecule has 1 rings (SSSR count). The molecule has 6 nitrogen and oxygen atoms in total. The number of hydrogen-bond acceptors (Lipinski definition) is 5. The van der Waals surface area contributed by atoms with Crippen LogP contribution in [0.4, 0.5) is 0 Å². The molecule has 0 saturated heterocycles. The zero-order chi connectivity index (χ0) is 14.4. The molecule has 0 spiro atoms. The second kappa shape index (κ2) is 7.46. The smallest absolute Gasteiger partial charge is 0.323 e. The summed E-state index contributed by atoms with van der Waals surface area (Å²) in [5.41, 5.74) is 0. The maximum absolute atomic E-state index is 12.2. The van der Waals surface area contributed by atoms with Crippen LogP contribution in [0.3, 0.4) is 0 Å². The summed E-state index contributed by atoms with van der Waals surface area (Å²) < 4.78 is 10.6. The number of thiophene rings is 1. The lowest BCUT2D eigenvalue weighted by Gasteiger charge is -2.19. The van der Waals surface area contributed by atoms with Crippen molar-refractivity contribution >= 4 is 39.1 Å². The van der Waals surface area contributed by atoms with E-state index in [1.807, 2.05) is 0 Å². The Morgan fingerprint density at radius 3 is 2.63 bits per heavy atom. The van der Waals surface area contributed by atoms with Crippen molar-refractivity contribution in [3.8, 4) is 5.75 Å². The third kappa shape index (κ3) is 4.48. The average Bonchev–Trinajstić information content (AvgIpc) is 2.74. The maximum atomic E-state index is 12.2. The Kier molecular flexibility index (Phi) is 6.26. The van der Waals surface area contributed by atoms with Crippen molar-refractivity contribution in [1.82, 2.24) is 4.90 Å². The molecule has 106 valence electrons. The van der Waals surface area contributed by atoms with Gasteiger partial charge in [0.1, 0.15) is 16.1 Å². The highest BCUT2D eigenvalue weighted by molar-refractivity contribution is 9.11. The van der Waals surface area contributed by atoms with E-state index in [0.717, 1.165) is 0 Å². The molecule has 0 fully saturated rings. The predicted molar refractivity (Wildman–Crippen MR) is 74.0 cm³/mol. The summed E-state index contributed by atoms with van der Waals surface area (Å²) in [6, 6.07) is 1.58. The van der Waals surface area contributed by atoms with Crippen LogP contribution in [0, 0.1) is 0 Å². The first-order valence-corrected chi connectivity index (χ1v) is 6.93. The molecule has 8 heteroatoms. The Morgan fingerprint density at radius 2 is 2.16 bits per heavy atom. The lowest BCUT2D eigenvalue weighted by Crippen LogP contribution is -2.37. The van der Waals surface area contributed by atoms with Crippen LogP contribution in [-0.4, -0.2) is 55.8 Å². The molecule has 0 aliphatic carbocycles. The summed E-state index contributed by atoms with van der Waals surface area (Å²) in [6.07, 6.45) is 0. The monoisotopic (exact) mass is 351 g/mol. The molecule has 1 N–H and O–H groups in total. The van der Waals surface area contributed by atoms with Crippen LogP contribution in [0.5, 0.6) is 5.75 Å². The second-order valence-electron chi connectivity index (χ2n) is 3.57. The fourth-order valence-corrected chi connectivity index (χ4v) is 2.99. The number of carbonyl (C=O) groups is 2. The SMILES string of the molecule is COCCN(CC(=O)O)C(=O)c1cc(OC)c(Br)s1. The molecule has 0 atom stereocenters. The van der Waals surface area contributed by atoms with Gasteiger partial charge in [-0.1, -0.05) is 0 Å². The number of methoxy groups -OCH3 is 2. The number of hydrogen-bond donors (Lipinski definition) is 1. The zero-order valence-corrected chi connectivity index (χ0v) is 12.9. The molecule has 1 heterocycles. The predicted octanol–water partition coefficient (Wildman–Crippen LogP) is 1.69. The van der Waals surface area contributed by atoms with Gasteiger partial charge in [0.25, 0.3) is 5.91 Å². The second-order valence-corrected chi connectivity index (χ2v) is 5.94. The van der Waals surface area contributed by atoms with E-state index < -0.39 is 5.97 Å². The number of ether oxygens (including phenoxy) is 2. The Morgan fingerprint density at radius 1 is 1.47 bits per heavy atom. The molecular formula is C11H14BrNO5S. The summed E-state index contributed by atoms with van der Waals surface area (Å²) in [4.78, 5) is 24.6. The number of amides is 1. The lowest BCUT2D eigenvalue weighted by molar-refractivity contribution is -0.137. The van der Waals surface area contributed by atoms with Gasteiger partial charge in [0.05, 0.1) is 18.6 Å². The normalized spacial score (nSPS) is 10.3. The summed E-state index contributed by atoms with van der Waals surface area (Å²) in [5, 5.41) is 8.82. The quantitative estimate of drug-likeness (QED) is 0.808. The topological polar surface area (TPSA) is 76.1 Å². The van der Waals surface area contributed by atoms with Crippen molar-refractivity contribution in [2.24, 2.45) is 0 Å². The van der Waals surface area contributed by atoms with Gasteiger partial charge in [-0.3, -0.25) is 9.59 Å². The van der Waals surface area contributed by atoms with Crippen LogP contribution in [0.2, 0.25) is 0 Å². The number of nitrogens with zero attached hydrogens (tertiary/aromatic N) is 1. The molecule has 0 saturated carbocycles. The third-order valence-corrected chi connectivity index (χ3v) is 4.03. The molecule has 1 aromatic heterocycles. The van der Waals surface area contributed by atoms with Crippen LogP contribution in [0.25, 0.3) is 0 Å². The highest BCUT2D eigenvalue weighted by atomic mass is 79.9. The minimum Gasteiger partial charge on any atom is -0.495 e. The van der Waals surface area contributed by atoms with Crippen LogP contribution in [-0.2, 0) is 9.53 Å². The van der Waals surface area contributed by atoms with Gasteiger partial charge in [0.15, 0.2) is 0 Å². The minimum atomic E-state index is -1.06. The van der Waals surface area contributed by atoms with E-state index in [-0.39, 0.29) is 25.6 Å². The summed E-state index contributed by atoms with van der Waals surface area (Å²) in [7, 11) is 3.00. The van der Waals surface area contributed by atoms with E-state index >= 15 is 0 Å². The van der Waals surface area contributed by atoms with Gasteiger partial charge in [-0.2, -0.15) is 0 Å². The molecule has 1 amide bonds. The largest absolute Gasteiger partial charge is 0.495 e. The number of carboxylic acid groups (broad SMARTS) is 1. The van der Waals surface area contributed by atoms with E-state index in [4.69, 9.17) is 14.6 Å². The molecule has 1 aromatic rings. The van der Waals surface area contributed by atoms with Gasteiger partial charge >= 0.3 is 5.97 Å². The standard InChI is InChI=1S/C11H14BrNO5S/c1-17-4-3-13(6-9(14)15)11(16)8-5-7(18-2)10(12)19-8/h5H,3-4,6H2,1-2H3,(H,14,15). The van der Waals surface area contributed by atoms with Gasteiger partial charge < -0.3 is 19.5 Å². The Labute approximate surface area is 123 Å². The van der Waals surface area contributed by atoms with Crippen molar-refractivity contribution in [3.63, 3.8) is 0 Å². The number of aliphatic carboxylic acids is 1. The summed E-state index contributed by atoms with van der Waals surface area (Å²) >= 11 is 4.48. The van der Waals surface area contributed by atoms with Gasteiger partial charge in [-0.25, -0.2) is 0 Å². The first kappa shape index (κ1) is 15.9. The van der Waals surface area contributed by atoms with Crippen LogP contribution in [0.15, 0.2) is 9.85 Å². The molecule has 19 heavy (non-hydrogen) atoms. The van der Waals surface area contributed by atoms with Gasteiger partial charge in [-0.05, 0) is 15.9 Å². The first-order chi connectivity index (χ1) is 8.99. The Bertz CT molecular complexity index is 462. The van der Waals surface area contributed by atoms with Gasteiger partial charge in [-0.15, -0.1) is 11.3 Å². The molecular weight excluding hydrogens is 338 g/mol. The molecule has 0 aliphatic heterocycles. The maximum Gasteiger partial charge on any atom is 0.323 e. The van der Waals surface area contributed by atoms with Crippen LogP contribution < -0.4 is 4.74 Å². The Hall–Kier alpha value is -1.12. The van der Waals surface area contributed by atoms with E-state index in [1.54, 1.807) is 6.07 Å². The van der Waals surface area contributed by atoms with E-state index in [9.17, 15) is 9.59 Å². The highest BCUT2D eigenvalue weighted by Crippen LogP contribution is 2.34. The van der Waals surface area contributed by atoms with Crippen molar-refractivity contribution in [2.45, 2.75) is 0 Å². The molecule has 0 radical (unpaired) electrons. The number of carboxylic acids is 1. The van der Waals surface area contributed by atoms with Gasteiger partial charge in [0.2, 0.25) is 0 Å². The minimum absolute atomic E-state index is 0.222. The van der Waals surface area contributed by atoms with Gasteiger partial charge in [0, 0.05) is 19.7 Å².